The molecule has 1 saturated carbocycles. The predicted molar refractivity (Wildman–Crippen MR) is 112 cm³/mol. The Morgan fingerprint density at radius 3 is 2.11 bits per heavy atom. The zero-order chi connectivity index (χ0) is 20.0. The lowest BCUT2D eigenvalue weighted by molar-refractivity contribution is -0.134. The average Bonchev–Trinajstić information content (AvgIpc) is 3.35. The van der Waals surface area contributed by atoms with E-state index in [1.807, 2.05) is 11.3 Å². The Kier molecular flexibility index (Phi) is 6.86. The summed E-state index contributed by atoms with van der Waals surface area (Å²) in [6.07, 6.45) is 10.9. The predicted octanol–water partition coefficient (Wildman–Crippen LogP) is 4.87. The maximum absolute atomic E-state index is 9.55. The lowest BCUT2D eigenvalue weighted by Gasteiger charge is -2.43. The van der Waals surface area contributed by atoms with Crippen LogP contribution in [-0.2, 0) is 15.1 Å². The highest BCUT2D eigenvalue weighted by Crippen LogP contribution is 2.48. The van der Waals surface area contributed by atoms with Crippen molar-refractivity contribution in [1.29, 1.82) is 0 Å². The van der Waals surface area contributed by atoms with E-state index in [1.54, 1.807) is 4.88 Å². The summed E-state index contributed by atoms with van der Waals surface area (Å²) in [4.78, 5) is 23.6. The molecule has 0 radical (unpaired) electrons. The molecule has 2 aromatic rings. The van der Waals surface area contributed by atoms with Gasteiger partial charge >= 0.3 is 11.9 Å². The van der Waals surface area contributed by atoms with Gasteiger partial charge < -0.3 is 10.2 Å². The quantitative estimate of drug-likeness (QED) is 0.715. The molecule has 1 saturated heterocycles. The number of aliphatic carboxylic acids is 2. The van der Waals surface area contributed by atoms with E-state index in [-0.39, 0.29) is 0 Å². The van der Waals surface area contributed by atoms with E-state index >= 15 is 0 Å². The van der Waals surface area contributed by atoms with Crippen molar-refractivity contribution in [3.05, 3.63) is 47.4 Å². The van der Waals surface area contributed by atoms with Crippen LogP contribution in [0.1, 0.15) is 49.8 Å². The summed E-state index contributed by atoms with van der Waals surface area (Å²) in [6, 6.07) is 11.4. The summed E-state index contributed by atoms with van der Waals surface area (Å²) in [5.74, 6) is -2.51. The molecular formula is C22H27NO4S. The molecule has 0 spiro atoms. The minimum atomic E-state index is -1.26. The molecule has 0 unspecified atom stereocenters. The highest BCUT2D eigenvalue weighted by atomic mass is 32.1. The van der Waals surface area contributed by atoms with Crippen LogP contribution in [-0.4, -0.2) is 40.1 Å². The summed E-state index contributed by atoms with van der Waals surface area (Å²) in [6.45, 7) is 2.63. The first-order chi connectivity index (χ1) is 13.5. The fourth-order valence-corrected chi connectivity index (χ4v) is 5.69. The van der Waals surface area contributed by atoms with E-state index in [4.69, 9.17) is 10.2 Å². The summed E-state index contributed by atoms with van der Waals surface area (Å²) < 4.78 is 1.46. The van der Waals surface area contributed by atoms with Gasteiger partial charge in [-0.25, -0.2) is 9.59 Å². The van der Waals surface area contributed by atoms with Crippen molar-refractivity contribution >= 4 is 33.4 Å². The van der Waals surface area contributed by atoms with Gasteiger partial charge in [-0.3, -0.25) is 4.90 Å². The van der Waals surface area contributed by atoms with Crippen molar-refractivity contribution in [2.24, 2.45) is 0 Å². The Morgan fingerprint density at radius 2 is 1.54 bits per heavy atom. The molecule has 2 fully saturated rings. The number of benzene rings is 1. The molecule has 150 valence electrons. The maximum atomic E-state index is 9.55. The molecule has 2 aliphatic rings. The van der Waals surface area contributed by atoms with Gasteiger partial charge in [0.1, 0.15) is 0 Å². The van der Waals surface area contributed by atoms with Crippen molar-refractivity contribution in [2.45, 2.75) is 50.5 Å². The van der Waals surface area contributed by atoms with Crippen LogP contribution in [0.3, 0.4) is 0 Å². The summed E-state index contributed by atoms with van der Waals surface area (Å²) in [5.41, 5.74) is 0.379. The van der Waals surface area contributed by atoms with Crippen LogP contribution in [0.4, 0.5) is 0 Å². The van der Waals surface area contributed by atoms with Gasteiger partial charge in [-0.05, 0) is 56.3 Å². The number of carbonyl (C=O) groups is 2. The number of hydrogen-bond acceptors (Lipinski definition) is 4. The third-order valence-corrected chi connectivity index (χ3v) is 6.95. The van der Waals surface area contributed by atoms with E-state index in [2.05, 4.69) is 35.2 Å². The van der Waals surface area contributed by atoms with E-state index in [9.17, 15) is 9.59 Å². The molecule has 0 bridgehead atoms. The number of carboxylic acid groups (broad SMARTS) is 2. The molecule has 0 amide bonds. The SMILES string of the molecule is O=C(O)/C=C/C(=O)O.c1ccc2sc(C3(N4CCCCC4)CCCC3)cc2c1. The first-order valence-electron chi connectivity index (χ1n) is 9.89. The second kappa shape index (κ2) is 9.34. The highest BCUT2D eigenvalue weighted by molar-refractivity contribution is 7.19. The minimum Gasteiger partial charge on any atom is -0.478 e. The van der Waals surface area contributed by atoms with Gasteiger partial charge in [0.2, 0.25) is 0 Å². The van der Waals surface area contributed by atoms with Crippen LogP contribution >= 0.6 is 11.3 Å². The van der Waals surface area contributed by atoms with E-state index in [1.165, 1.54) is 68.1 Å². The molecule has 28 heavy (non-hydrogen) atoms. The fraction of sp³-hybridized carbons (Fsp3) is 0.455. The molecule has 4 rings (SSSR count). The first kappa shape index (κ1) is 20.6. The second-order valence-electron chi connectivity index (χ2n) is 7.44. The average molecular weight is 402 g/mol. The zero-order valence-corrected chi connectivity index (χ0v) is 16.8. The van der Waals surface area contributed by atoms with Crippen molar-refractivity contribution in [1.82, 2.24) is 4.90 Å². The fourth-order valence-electron chi connectivity index (χ4n) is 4.35. The van der Waals surface area contributed by atoms with Crippen LogP contribution < -0.4 is 0 Å². The smallest absolute Gasteiger partial charge is 0.328 e. The lowest BCUT2D eigenvalue weighted by Crippen LogP contribution is -2.46. The number of piperidine rings is 1. The van der Waals surface area contributed by atoms with E-state index in [0.29, 0.717) is 17.7 Å². The Morgan fingerprint density at radius 1 is 0.929 bits per heavy atom. The van der Waals surface area contributed by atoms with Crippen LogP contribution in [0, 0.1) is 0 Å². The zero-order valence-electron chi connectivity index (χ0n) is 16.0. The third kappa shape index (κ3) is 4.80. The molecule has 6 heteroatoms. The standard InChI is InChI=1S/C18H23NS.C4H4O4/c1-6-12-19(13-7-1)18(10-4-5-11-18)17-14-15-8-2-3-9-16(15)20-17;5-3(6)1-2-4(7)8/h2-3,8-9,14H,1,4-7,10-13H2;1-2H,(H,5,6)(H,7,8)/b;2-1+. The van der Waals surface area contributed by atoms with Gasteiger partial charge in [0.05, 0.1) is 5.54 Å². The number of thiophene rings is 1. The normalized spacial score (nSPS) is 19.4. The molecule has 2 heterocycles. The third-order valence-electron chi connectivity index (χ3n) is 5.64. The summed E-state index contributed by atoms with van der Waals surface area (Å²) in [5, 5.41) is 17.1. The number of hydrogen-bond donors (Lipinski definition) is 2. The van der Waals surface area contributed by atoms with Crippen LogP contribution in [0.15, 0.2) is 42.5 Å². The first-order valence-corrected chi connectivity index (χ1v) is 10.7. The Hall–Kier alpha value is -2.18. The monoisotopic (exact) mass is 401 g/mol. The second-order valence-corrected chi connectivity index (χ2v) is 8.53. The number of nitrogens with zero attached hydrogens (tertiary/aromatic N) is 1. The molecule has 1 aliphatic heterocycles. The molecular weight excluding hydrogens is 374 g/mol. The Balaban J connectivity index is 0.000000242. The molecule has 0 atom stereocenters. The minimum absolute atomic E-state index is 0.379. The number of likely N-dealkylation sites (tertiary alicyclic amines) is 1. The van der Waals surface area contributed by atoms with Crippen LogP contribution in [0.2, 0.25) is 0 Å². The largest absolute Gasteiger partial charge is 0.478 e. The topological polar surface area (TPSA) is 77.8 Å². The maximum Gasteiger partial charge on any atom is 0.328 e. The molecule has 1 aromatic heterocycles. The van der Waals surface area contributed by atoms with Gasteiger partial charge in [0.15, 0.2) is 0 Å². The van der Waals surface area contributed by atoms with Gasteiger partial charge in [-0.1, -0.05) is 37.5 Å². The molecule has 1 aliphatic carbocycles. The Bertz CT molecular complexity index is 796. The summed E-state index contributed by atoms with van der Waals surface area (Å²) in [7, 11) is 0. The Labute approximate surface area is 169 Å². The number of fused-ring (bicyclic) bond motifs is 1. The van der Waals surface area contributed by atoms with Crippen LogP contribution in [0.5, 0.6) is 0 Å². The summed E-state index contributed by atoms with van der Waals surface area (Å²) >= 11 is 2.05. The van der Waals surface area contributed by atoms with E-state index < -0.39 is 11.9 Å². The lowest BCUT2D eigenvalue weighted by atomic mass is 9.90. The van der Waals surface area contributed by atoms with E-state index in [0.717, 1.165) is 0 Å². The van der Waals surface area contributed by atoms with Crippen molar-refractivity contribution in [3.8, 4) is 0 Å². The molecule has 5 nitrogen and oxygen atoms in total. The number of carboxylic acids is 2. The van der Waals surface area contributed by atoms with Crippen molar-refractivity contribution in [2.75, 3.05) is 13.1 Å². The molecule has 2 N–H and O–H groups in total. The van der Waals surface area contributed by atoms with Gasteiger partial charge in [-0.15, -0.1) is 11.3 Å². The van der Waals surface area contributed by atoms with Crippen LogP contribution in [0.25, 0.3) is 10.1 Å². The molecule has 1 aromatic carbocycles. The highest BCUT2D eigenvalue weighted by Gasteiger charge is 2.42. The van der Waals surface area contributed by atoms with Crippen molar-refractivity contribution in [3.63, 3.8) is 0 Å². The van der Waals surface area contributed by atoms with Crippen molar-refractivity contribution < 1.29 is 19.8 Å². The number of rotatable bonds is 4. The van der Waals surface area contributed by atoms with Gasteiger partial charge in [-0.2, -0.15) is 0 Å². The van der Waals surface area contributed by atoms with Gasteiger partial charge in [0.25, 0.3) is 0 Å². The van der Waals surface area contributed by atoms with Gasteiger partial charge in [0, 0.05) is 21.7 Å².